The standard InChI is InChI=1S/2C27H29N7O/c2*1-16-2-3-21(15-31-16)26-33-23(24-25(28)30-12-13-34(24)26)18-6-8-19(9-7-18)27(35)32-22-14-20(10-11-29-22)17-4-5-17/h2*6-14,16-17,21,31H,2-5,15H2,1H3,(H2,28,30)(H,29,32,35)/t2*16-,21+/m00/s1. The fourth-order valence-corrected chi connectivity index (χ4v) is 9.90. The fraction of sp³-hybridized carbons (Fsp3) is 0.333. The van der Waals surface area contributed by atoms with Gasteiger partial charge in [0.15, 0.2) is 0 Å². The lowest BCUT2D eigenvalue weighted by Crippen LogP contribution is -2.36. The summed E-state index contributed by atoms with van der Waals surface area (Å²) in [5.41, 5.74) is 21.2. The van der Waals surface area contributed by atoms with E-state index in [-0.39, 0.29) is 11.8 Å². The van der Waals surface area contributed by atoms with Gasteiger partial charge in [-0.25, -0.2) is 29.9 Å². The average Bonchev–Trinajstić information content (AvgIpc) is 4.33. The van der Waals surface area contributed by atoms with Crippen LogP contribution < -0.4 is 32.7 Å². The Morgan fingerprint density at radius 2 is 0.929 bits per heavy atom. The Hall–Kier alpha value is -7.56. The van der Waals surface area contributed by atoms with E-state index in [1.165, 1.54) is 36.8 Å². The predicted octanol–water partition coefficient (Wildman–Crippen LogP) is 8.72. The molecule has 8 aromatic rings. The molecule has 4 fully saturated rings. The van der Waals surface area contributed by atoms with E-state index >= 15 is 0 Å². The molecule has 16 heteroatoms. The number of imidazole rings is 2. The second kappa shape index (κ2) is 19.1. The van der Waals surface area contributed by atoms with Crippen LogP contribution in [0.2, 0.25) is 0 Å². The Morgan fingerprint density at radius 1 is 0.529 bits per heavy atom. The molecule has 4 aliphatic rings. The molecule has 6 aromatic heterocycles. The van der Waals surface area contributed by atoms with Crippen molar-refractivity contribution >= 4 is 46.1 Å². The molecule has 70 heavy (non-hydrogen) atoms. The maximum atomic E-state index is 12.9. The quantitative estimate of drug-likeness (QED) is 0.0758. The summed E-state index contributed by atoms with van der Waals surface area (Å²) in [6, 6.07) is 24.0. The van der Waals surface area contributed by atoms with Crippen molar-refractivity contribution in [1.29, 1.82) is 0 Å². The number of hydrogen-bond acceptors (Lipinski definition) is 12. The lowest BCUT2D eigenvalue weighted by atomic mass is 9.95. The number of rotatable bonds is 10. The highest BCUT2D eigenvalue weighted by molar-refractivity contribution is 6.05. The molecule has 2 aliphatic heterocycles. The SMILES string of the molecule is C[C@H]1CC[C@@H](c2nc(-c3ccc(C(=O)Nc4cc(C5CC5)ccn4)cc3)c3c(N)nccn23)CN1.C[C@H]1CC[C@@H](c2nc(-c3ccc(C(=O)Nc4cc(C5CC5)ccn4)cc3)c3c(N)nccn23)CN1. The highest BCUT2D eigenvalue weighted by Crippen LogP contribution is 2.41. The van der Waals surface area contributed by atoms with Crippen LogP contribution in [0.1, 0.15) is 132 Å². The molecule has 356 valence electrons. The summed E-state index contributed by atoms with van der Waals surface area (Å²) in [6.07, 6.45) is 20.0. The molecular weight excluding hydrogens is 877 g/mol. The zero-order valence-corrected chi connectivity index (χ0v) is 39.5. The van der Waals surface area contributed by atoms with Crippen molar-refractivity contribution in [3.8, 4) is 22.5 Å². The highest BCUT2D eigenvalue weighted by atomic mass is 16.2. The Labute approximate surface area is 406 Å². The number of nitrogens with one attached hydrogen (secondary N) is 4. The number of amides is 2. The van der Waals surface area contributed by atoms with Gasteiger partial charge in [-0.15, -0.1) is 0 Å². The topological polar surface area (TPSA) is 220 Å². The van der Waals surface area contributed by atoms with Crippen molar-refractivity contribution in [2.24, 2.45) is 0 Å². The minimum atomic E-state index is -0.184. The van der Waals surface area contributed by atoms with Gasteiger partial charge in [-0.3, -0.25) is 18.4 Å². The summed E-state index contributed by atoms with van der Waals surface area (Å²) < 4.78 is 4.14. The molecule has 0 radical (unpaired) electrons. The molecule has 2 saturated heterocycles. The molecular formula is C54H58N14O2. The fourth-order valence-electron chi connectivity index (χ4n) is 9.90. The van der Waals surface area contributed by atoms with Gasteiger partial charge in [0.2, 0.25) is 0 Å². The Balaban J connectivity index is 0.000000152. The molecule has 2 saturated carbocycles. The minimum Gasteiger partial charge on any atom is -0.382 e. The third-order valence-electron chi connectivity index (χ3n) is 14.3. The second-order valence-corrected chi connectivity index (χ2v) is 19.4. The molecule has 4 atom stereocenters. The van der Waals surface area contributed by atoms with Crippen molar-refractivity contribution in [3.63, 3.8) is 0 Å². The number of hydrogen-bond donors (Lipinski definition) is 6. The van der Waals surface area contributed by atoms with Crippen LogP contribution in [0.15, 0.2) is 110 Å². The first kappa shape index (κ1) is 44.9. The molecule has 0 unspecified atom stereocenters. The van der Waals surface area contributed by atoms with E-state index in [2.05, 4.69) is 63.9 Å². The van der Waals surface area contributed by atoms with Gasteiger partial charge in [0.25, 0.3) is 11.8 Å². The zero-order chi connectivity index (χ0) is 47.9. The molecule has 12 rings (SSSR count). The van der Waals surface area contributed by atoms with Crippen molar-refractivity contribution in [2.45, 2.75) is 101 Å². The normalized spacial score (nSPS) is 20.1. The summed E-state index contributed by atoms with van der Waals surface area (Å²) in [4.78, 5) is 53.0. The molecule has 2 amide bonds. The molecule has 0 spiro atoms. The predicted molar refractivity (Wildman–Crippen MR) is 273 cm³/mol. The Kier molecular flexibility index (Phi) is 12.2. The summed E-state index contributed by atoms with van der Waals surface area (Å²) >= 11 is 0. The zero-order valence-electron chi connectivity index (χ0n) is 39.5. The number of carbonyl (C=O) groups excluding carboxylic acids is 2. The number of pyridine rings is 2. The van der Waals surface area contributed by atoms with E-state index < -0.39 is 0 Å². The molecule has 0 bridgehead atoms. The maximum Gasteiger partial charge on any atom is 0.256 e. The minimum absolute atomic E-state index is 0.184. The van der Waals surface area contributed by atoms with E-state index in [4.69, 9.17) is 21.4 Å². The number of anilines is 4. The van der Waals surface area contributed by atoms with Gasteiger partial charge in [0, 0.05) is 96.4 Å². The number of nitrogens with two attached hydrogens (primary N) is 2. The number of nitrogens with zero attached hydrogens (tertiary/aromatic N) is 8. The van der Waals surface area contributed by atoms with Gasteiger partial charge in [0.1, 0.15) is 57.3 Å². The molecule has 2 aliphatic carbocycles. The number of benzene rings is 2. The first-order chi connectivity index (χ1) is 34.1. The summed E-state index contributed by atoms with van der Waals surface area (Å²) in [7, 11) is 0. The van der Waals surface area contributed by atoms with Gasteiger partial charge in [-0.2, -0.15) is 0 Å². The first-order valence-corrected chi connectivity index (χ1v) is 24.6. The van der Waals surface area contributed by atoms with Crippen LogP contribution in [0.4, 0.5) is 23.3 Å². The van der Waals surface area contributed by atoms with E-state index in [0.29, 0.717) is 70.2 Å². The molecule has 16 nitrogen and oxygen atoms in total. The van der Waals surface area contributed by atoms with Crippen molar-refractivity contribution in [3.05, 3.63) is 144 Å². The largest absolute Gasteiger partial charge is 0.382 e. The average molecular weight is 935 g/mol. The van der Waals surface area contributed by atoms with Crippen LogP contribution in [-0.2, 0) is 0 Å². The molecule has 8 heterocycles. The highest BCUT2D eigenvalue weighted by Gasteiger charge is 2.29. The Bertz CT molecular complexity index is 2980. The second-order valence-electron chi connectivity index (χ2n) is 19.4. The van der Waals surface area contributed by atoms with Crippen molar-refractivity contribution in [2.75, 3.05) is 35.2 Å². The van der Waals surface area contributed by atoms with E-state index in [1.807, 2.05) is 85.2 Å². The monoisotopic (exact) mass is 934 g/mol. The van der Waals surface area contributed by atoms with Crippen LogP contribution in [0.25, 0.3) is 33.5 Å². The lowest BCUT2D eigenvalue weighted by Gasteiger charge is -2.26. The third kappa shape index (κ3) is 9.44. The lowest BCUT2D eigenvalue weighted by molar-refractivity contribution is 0.101. The number of piperidine rings is 2. The Morgan fingerprint density at radius 3 is 1.30 bits per heavy atom. The van der Waals surface area contributed by atoms with Crippen LogP contribution in [-0.4, -0.2) is 75.7 Å². The van der Waals surface area contributed by atoms with E-state index in [9.17, 15) is 9.59 Å². The number of fused-ring (bicyclic) bond motifs is 2. The van der Waals surface area contributed by atoms with Gasteiger partial charge in [-0.05, 0) is 137 Å². The van der Waals surface area contributed by atoms with Gasteiger partial charge < -0.3 is 32.7 Å². The van der Waals surface area contributed by atoms with Gasteiger partial charge in [-0.1, -0.05) is 24.3 Å². The third-order valence-corrected chi connectivity index (χ3v) is 14.3. The van der Waals surface area contributed by atoms with Crippen LogP contribution in [0, 0.1) is 0 Å². The van der Waals surface area contributed by atoms with E-state index in [0.717, 1.165) is 84.0 Å². The van der Waals surface area contributed by atoms with Crippen molar-refractivity contribution in [1.82, 2.24) is 49.3 Å². The van der Waals surface area contributed by atoms with Crippen LogP contribution in [0.3, 0.4) is 0 Å². The maximum absolute atomic E-state index is 12.9. The molecule has 8 N–H and O–H groups in total. The molecule has 2 aromatic carbocycles. The summed E-state index contributed by atoms with van der Waals surface area (Å²) in [6.45, 7) is 6.20. The number of nitrogen functional groups attached to an aromatic ring is 2. The van der Waals surface area contributed by atoms with Crippen LogP contribution >= 0.6 is 0 Å². The number of carbonyl (C=O) groups is 2. The van der Waals surface area contributed by atoms with Crippen molar-refractivity contribution < 1.29 is 9.59 Å². The van der Waals surface area contributed by atoms with Crippen LogP contribution in [0.5, 0.6) is 0 Å². The van der Waals surface area contributed by atoms with E-state index in [1.54, 1.807) is 24.8 Å². The summed E-state index contributed by atoms with van der Waals surface area (Å²) in [5, 5.41) is 13.0. The van der Waals surface area contributed by atoms with Gasteiger partial charge >= 0.3 is 0 Å². The first-order valence-electron chi connectivity index (χ1n) is 24.6. The van der Waals surface area contributed by atoms with Gasteiger partial charge in [0.05, 0.1) is 0 Å². The summed E-state index contributed by atoms with van der Waals surface area (Å²) in [5.74, 6) is 5.50. The number of aromatic nitrogens is 8. The smallest absolute Gasteiger partial charge is 0.256 e.